The SMILES string of the molecule is Cc1cc(C(C)(C)C)ccc1OC1CCCCC1N. The van der Waals surface area contributed by atoms with Crippen molar-refractivity contribution in [1.82, 2.24) is 0 Å². The summed E-state index contributed by atoms with van der Waals surface area (Å²) in [6.45, 7) is 8.83. The van der Waals surface area contributed by atoms with Gasteiger partial charge in [0.1, 0.15) is 11.9 Å². The van der Waals surface area contributed by atoms with Crippen molar-refractivity contribution in [1.29, 1.82) is 0 Å². The number of aryl methyl sites for hydroxylation is 1. The Morgan fingerprint density at radius 3 is 2.42 bits per heavy atom. The number of hydrogen-bond acceptors (Lipinski definition) is 2. The van der Waals surface area contributed by atoms with Crippen molar-refractivity contribution < 1.29 is 4.74 Å². The molecule has 0 aromatic heterocycles. The van der Waals surface area contributed by atoms with Gasteiger partial charge in [-0.1, -0.05) is 39.3 Å². The van der Waals surface area contributed by atoms with Gasteiger partial charge in [-0.3, -0.25) is 0 Å². The van der Waals surface area contributed by atoms with E-state index in [1.165, 1.54) is 24.0 Å². The molecule has 0 heterocycles. The number of hydrogen-bond donors (Lipinski definition) is 1. The maximum Gasteiger partial charge on any atom is 0.122 e. The van der Waals surface area contributed by atoms with E-state index in [1.54, 1.807) is 0 Å². The molecular weight excluding hydrogens is 234 g/mol. The van der Waals surface area contributed by atoms with Gasteiger partial charge in [-0.05, 0) is 48.8 Å². The third-order valence-corrected chi connectivity index (χ3v) is 4.07. The molecule has 0 radical (unpaired) electrons. The van der Waals surface area contributed by atoms with Gasteiger partial charge in [-0.25, -0.2) is 0 Å². The van der Waals surface area contributed by atoms with E-state index in [9.17, 15) is 0 Å². The van der Waals surface area contributed by atoms with Gasteiger partial charge in [0.15, 0.2) is 0 Å². The molecule has 2 nitrogen and oxygen atoms in total. The Balaban J connectivity index is 2.13. The maximum absolute atomic E-state index is 6.15. The van der Waals surface area contributed by atoms with Crippen LogP contribution in [0.25, 0.3) is 0 Å². The zero-order chi connectivity index (χ0) is 14.0. The average Bonchev–Trinajstić information content (AvgIpc) is 2.33. The Kier molecular flexibility index (Phi) is 4.19. The topological polar surface area (TPSA) is 35.2 Å². The Morgan fingerprint density at radius 2 is 1.84 bits per heavy atom. The van der Waals surface area contributed by atoms with E-state index in [-0.39, 0.29) is 17.6 Å². The van der Waals surface area contributed by atoms with Crippen LogP contribution in [-0.4, -0.2) is 12.1 Å². The van der Waals surface area contributed by atoms with Crippen LogP contribution in [-0.2, 0) is 5.41 Å². The summed E-state index contributed by atoms with van der Waals surface area (Å²) in [6, 6.07) is 6.72. The molecule has 1 aromatic carbocycles. The Morgan fingerprint density at radius 1 is 1.16 bits per heavy atom. The van der Waals surface area contributed by atoms with Gasteiger partial charge in [0, 0.05) is 6.04 Å². The standard InChI is InChI=1S/C17H27NO/c1-12-11-13(17(2,3)4)9-10-15(12)19-16-8-6-5-7-14(16)18/h9-11,14,16H,5-8,18H2,1-4H3. The first-order valence-corrected chi connectivity index (χ1v) is 7.41. The molecule has 0 aliphatic heterocycles. The number of ether oxygens (including phenoxy) is 1. The summed E-state index contributed by atoms with van der Waals surface area (Å²) in [5.41, 5.74) is 8.90. The molecule has 2 heteroatoms. The van der Waals surface area contributed by atoms with Gasteiger partial charge in [0.25, 0.3) is 0 Å². The Labute approximate surface area is 117 Å². The van der Waals surface area contributed by atoms with E-state index in [1.807, 2.05) is 0 Å². The van der Waals surface area contributed by atoms with Gasteiger partial charge in [-0.15, -0.1) is 0 Å². The number of benzene rings is 1. The molecule has 0 spiro atoms. The fourth-order valence-corrected chi connectivity index (χ4v) is 2.68. The zero-order valence-electron chi connectivity index (χ0n) is 12.7. The minimum Gasteiger partial charge on any atom is -0.489 e. The molecule has 0 saturated heterocycles. The fraction of sp³-hybridized carbons (Fsp3) is 0.647. The Bertz CT molecular complexity index is 433. The molecule has 2 unspecified atom stereocenters. The molecular formula is C17H27NO. The van der Waals surface area contributed by atoms with Crippen LogP contribution in [0, 0.1) is 6.92 Å². The lowest BCUT2D eigenvalue weighted by molar-refractivity contribution is 0.131. The van der Waals surface area contributed by atoms with E-state index in [0.717, 1.165) is 18.6 Å². The molecule has 1 fully saturated rings. The van der Waals surface area contributed by atoms with Crippen LogP contribution in [0.1, 0.15) is 57.6 Å². The van der Waals surface area contributed by atoms with Crippen molar-refractivity contribution in [3.63, 3.8) is 0 Å². The van der Waals surface area contributed by atoms with E-state index < -0.39 is 0 Å². The quantitative estimate of drug-likeness (QED) is 0.875. The highest BCUT2D eigenvalue weighted by Gasteiger charge is 2.24. The highest BCUT2D eigenvalue weighted by Crippen LogP contribution is 2.30. The van der Waals surface area contributed by atoms with Crippen LogP contribution < -0.4 is 10.5 Å². The highest BCUT2D eigenvalue weighted by atomic mass is 16.5. The van der Waals surface area contributed by atoms with Crippen LogP contribution in [0.3, 0.4) is 0 Å². The second-order valence-electron chi connectivity index (χ2n) is 6.83. The molecule has 1 saturated carbocycles. The first-order chi connectivity index (χ1) is 8.88. The molecule has 1 aliphatic carbocycles. The summed E-state index contributed by atoms with van der Waals surface area (Å²) in [7, 11) is 0. The van der Waals surface area contributed by atoms with Gasteiger partial charge >= 0.3 is 0 Å². The summed E-state index contributed by atoms with van der Waals surface area (Å²) in [6.07, 6.45) is 4.83. The van der Waals surface area contributed by atoms with Crippen LogP contribution in [0.2, 0.25) is 0 Å². The lowest BCUT2D eigenvalue weighted by Gasteiger charge is -2.30. The van der Waals surface area contributed by atoms with E-state index >= 15 is 0 Å². The van der Waals surface area contributed by atoms with Gasteiger partial charge < -0.3 is 10.5 Å². The molecule has 2 rings (SSSR count). The highest BCUT2D eigenvalue weighted by molar-refractivity contribution is 5.39. The third kappa shape index (κ3) is 3.50. The summed E-state index contributed by atoms with van der Waals surface area (Å²) in [5.74, 6) is 0.996. The lowest BCUT2D eigenvalue weighted by Crippen LogP contribution is -2.41. The second kappa shape index (κ2) is 5.54. The van der Waals surface area contributed by atoms with Gasteiger partial charge in [0.2, 0.25) is 0 Å². The first kappa shape index (κ1) is 14.4. The molecule has 19 heavy (non-hydrogen) atoms. The lowest BCUT2D eigenvalue weighted by atomic mass is 9.86. The zero-order valence-corrected chi connectivity index (χ0v) is 12.7. The summed E-state index contributed by atoms with van der Waals surface area (Å²) in [5, 5.41) is 0. The second-order valence-corrected chi connectivity index (χ2v) is 6.83. The normalized spacial score (nSPS) is 24.3. The van der Waals surface area contributed by atoms with Crippen LogP contribution in [0.15, 0.2) is 18.2 Å². The number of rotatable bonds is 2. The van der Waals surface area contributed by atoms with Gasteiger partial charge in [-0.2, -0.15) is 0 Å². The van der Waals surface area contributed by atoms with Gasteiger partial charge in [0.05, 0.1) is 0 Å². The molecule has 2 N–H and O–H groups in total. The largest absolute Gasteiger partial charge is 0.489 e. The van der Waals surface area contributed by atoms with Crippen molar-refractivity contribution in [3.8, 4) is 5.75 Å². The number of nitrogens with two attached hydrogens (primary N) is 1. The fourth-order valence-electron chi connectivity index (χ4n) is 2.68. The maximum atomic E-state index is 6.15. The van der Waals surface area contributed by atoms with Crippen LogP contribution >= 0.6 is 0 Å². The van der Waals surface area contributed by atoms with E-state index in [0.29, 0.717) is 0 Å². The average molecular weight is 261 g/mol. The predicted molar refractivity (Wildman–Crippen MR) is 80.7 cm³/mol. The minimum absolute atomic E-state index is 0.185. The molecule has 2 atom stereocenters. The third-order valence-electron chi connectivity index (χ3n) is 4.07. The molecule has 0 amide bonds. The minimum atomic E-state index is 0.185. The summed E-state index contributed by atoms with van der Waals surface area (Å²) in [4.78, 5) is 0. The van der Waals surface area contributed by atoms with Crippen molar-refractivity contribution in [2.24, 2.45) is 5.73 Å². The first-order valence-electron chi connectivity index (χ1n) is 7.41. The van der Waals surface area contributed by atoms with Crippen molar-refractivity contribution in [3.05, 3.63) is 29.3 Å². The van der Waals surface area contributed by atoms with Crippen molar-refractivity contribution >= 4 is 0 Å². The van der Waals surface area contributed by atoms with E-state index in [4.69, 9.17) is 10.5 Å². The van der Waals surface area contributed by atoms with Crippen LogP contribution in [0.4, 0.5) is 0 Å². The summed E-state index contributed by atoms with van der Waals surface area (Å²) >= 11 is 0. The molecule has 0 bridgehead atoms. The molecule has 1 aliphatic rings. The van der Waals surface area contributed by atoms with E-state index in [2.05, 4.69) is 45.9 Å². The molecule has 1 aromatic rings. The predicted octanol–water partition coefficient (Wildman–Crippen LogP) is 3.94. The monoisotopic (exact) mass is 261 g/mol. The smallest absolute Gasteiger partial charge is 0.122 e. The van der Waals surface area contributed by atoms with Crippen molar-refractivity contribution in [2.75, 3.05) is 0 Å². The molecule has 106 valence electrons. The van der Waals surface area contributed by atoms with Crippen molar-refractivity contribution in [2.45, 2.75) is 70.9 Å². The summed E-state index contributed by atoms with van der Waals surface area (Å²) < 4.78 is 6.14. The van der Waals surface area contributed by atoms with Crippen LogP contribution in [0.5, 0.6) is 5.75 Å². The Hall–Kier alpha value is -1.02.